The number of aromatic nitrogens is 4. The van der Waals surface area contributed by atoms with E-state index >= 15 is 0 Å². The summed E-state index contributed by atoms with van der Waals surface area (Å²) < 4.78 is 41.8. The largest absolute Gasteiger partial charge is 0.416 e. The van der Waals surface area contributed by atoms with Crippen LogP contribution in [0.15, 0.2) is 29.0 Å². The molecule has 0 unspecified atom stereocenters. The Hall–Kier alpha value is -2.73. The highest BCUT2D eigenvalue weighted by molar-refractivity contribution is 9.10. The number of aliphatic hydroxyl groups is 1. The lowest BCUT2D eigenvalue weighted by molar-refractivity contribution is -0.137. The van der Waals surface area contributed by atoms with Gasteiger partial charge < -0.3 is 15.7 Å². The molecule has 4 rings (SSSR count). The maximum absolute atomic E-state index is 13.4. The molecule has 1 aromatic carbocycles. The lowest BCUT2D eigenvalue weighted by Gasteiger charge is -2.22. The van der Waals surface area contributed by atoms with Gasteiger partial charge in [0.1, 0.15) is 4.60 Å². The third-order valence-corrected chi connectivity index (χ3v) is 6.55. The fourth-order valence-electron chi connectivity index (χ4n) is 4.22. The molecule has 2 atom stereocenters. The Labute approximate surface area is 195 Å². The number of nitrogens with one attached hydrogen (secondary N) is 2. The highest BCUT2D eigenvalue weighted by Gasteiger charge is 2.41. The summed E-state index contributed by atoms with van der Waals surface area (Å²) in [7, 11) is 1.61. The van der Waals surface area contributed by atoms with Gasteiger partial charge in [-0.15, -0.1) is 0 Å². The normalized spacial score (nSPS) is 20.9. The van der Waals surface area contributed by atoms with Gasteiger partial charge >= 0.3 is 6.18 Å². The van der Waals surface area contributed by atoms with Crippen molar-refractivity contribution in [3.8, 4) is 5.69 Å². The van der Waals surface area contributed by atoms with Crippen molar-refractivity contribution in [3.05, 3.63) is 40.1 Å². The molecule has 1 aliphatic carbocycles. The summed E-state index contributed by atoms with van der Waals surface area (Å²) in [5, 5.41) is 20.2. The van der Waals surface area contributed by atoms with Gasteiger partial charge in [0.2, 0.25) is 11.9 Å². The number of amides is 1. The molecule has 3 aromatic rings. The van der Waals surface area contributed by atoms with E-state index in [1.165, 1.54) is 16.9 Å². The van der Waals surface area contributed by atoms with E-state index in [9.17, 15) is 23.1 Å². The molecule has 0 saturated heterocycles. The van der Waals surface area contributed by atoms with Crippen LogP contribution in [-0.4, -0.2) is 43.9 Å². The van der Waals surface area contributed by atoms with Crippen molar-refractivity contribution in [2.45, 2.75) is 45.0 Å². The van der Waals surface area contributed by atoms with Gasteiger partial charge in [-0.2, -0.15) is 23.3 Å². The summed E-state index contributed by atoms with van der Waals surface area (Å²) in [6.07, 6.45) is -0.982. The van der Waals surface area contributed by atoms with Crippen molar-refractivity contribution in [2.75, 3.05) is 12.4 Å². The molecule has 1 fully saturated rings. The summed E-state index contributed by atoms with van der Waals surface area (Å²) in [6, 6.07) is 3.25. The Morgan fingerprint density at radius 3 is 2.79 bits per heavy atom. The topological polar surface area (TPSA) is 105 Å². The zero-order valence-electron chi connectivity index (χ0n) is 17.9. The summed E-state index contributed by atoms with van der Waals surface area (Å²) in [5.41, 5.74) is -0.862. The third-order valence-electron chi connectivity index (χ3n) is 5.96. The molecule has 2 heterocycles. The van der Waals surface area contributed by atoms with E-state index in [1.54, 1.807) is 7.05 Å². The zero-order valence-corrected chi connectivity index (χ0v) is 19.5. The summed E-state index contributed by atoms with van der Waals surface area (Å²) in [6.45, 7) is 1.36. The van der Waals surface area contributed by atoms with Crippen LogP contribution in [0.2, 0.25) is 0 Å². The Morgan fingerprint density at radius 1 is 1.36 bits per heavy atom. The lowest BCUT2D eigenvalue weighted by atomic mass is 9.87. The number of alkyl halides is 3. The van der Waals surface area contributed by atoms with Crippen molar-refractivity contribution in [1.82, 2.24) is 25.1 Å². The van der Waals surface area contributed by atoms with Gasteiger partial charge in [-0.3, -0.25) is 4.79 Å². The minimum absolute atomic E-state index is 0.0191. The quantitative estimate of drug-likeness (QED) is 0.467. The number of hydrogen-bond acceptors (Lipinski definition) is 6. The molecule has 1 aliphatic rings. The number of hydrogen-bond donors (Lipinski definition) is 3. The van der Waals surface area contributed by atoms with E-state index in [0.717, 1.165) is 18.6 Å². The van der Waals surface area contributed by atoms with E-state index in [-0.39, 0.29) is 29.1 Å². The molecule has 33 heavy (non-hydrogen) atoms. The fourth-order valence-corrected chi connectivity index (χ4v) is 4.66. The molecule has 12 heteroatoms. The van der Waals surface area contributed by atoms with Crippen LogP contribution in [0.5, 0.6) is 0 Å². The minimum atomic E-state index is -4.58. The first-order valence-corrected chi connectivity index (χ1v) is 11.1. The maximum atomic E-state index is 13.4. The minimum Gasteiger partial charge on any atom is -0.392 e. The van der Waals surface area contributed by atoms with E-state index in [1.807, 2.05) is 6.92 Å². The Balaban J connectivity index is 1.70. The van der Waals surface area contributed by atoms with Gasteiger partial charge in [0, 0.05) is 24.7 Å². The molecular weight excluding hydrogens is 505 g/mol. The van der Waals surface area contributed by atoms with Crippen LogP contribution in [0.3, 0.4) is 0 Å². The van der Waals surface area contributed by atoms with Crippen LogP contribution in [-0.2, 0) is 17.6 Å². The predicted octanol–water partition coefficient (Wildman–Crippen LogP) is 3.81. The number of halogens is 4. The van der Waals surface area contributed by atoms with Gasteiger partial charge in [0.15, 0.2) is 5.65 Å². The average Bonchev–Trinajstić information content (AvgIpc) is 3.32. The average molecular weight is 527 g/mol. The van der Waals surface area contributed by atoms with Crippen LogP contribution < -0.4 is 10.6 Å². The molecule has 1 saturated carbocycles. The fraction of sp³-hybridized carbons (Fsp3) is 0.429. The van der Waals surface area contributed by atoms with Crippen molar-refractivity contribution in [1.29, 1.82) is 0 Å². The Bertz CT molecular complexity index is 1210. The summed E-state index contributed by atoms with van der Waals surface area (Å²) in [5.74, 6) is 0.270. The van der Waals surface area contributed by atoms with Gasteiger partial charge in [-0.05, 0) is 59.0 Å². The number of carbonyl (C=O) groups is 1. The van der Waals surface area contributed by atoms with Crippen molar-refractivity contribution < 1.29 is 23.1 Å². The molecule has 1 amide bonds. The first kappa shape index (κ1) is 23.4. The van der Waals surface area contributed by atoms with Crippen LogP contribution in [0.25, 0.3) is 16.7 Å². The number of nitrogens with zero attached hydrogens (tertiary/aromatic N) is 4. The maximum Gasteiger partial charge on any atom is 0.416 e. The first-order chi connectivity index (χ1) is 15.5. The number of anilines is 1. The molecule has 0 spiro atoms. The van der Waals surface area contributed by atoms with Crippen molar-refractivity contribution in [3.63, 3.8) is 0 Å². The monoisotopic (exact) mass is 526 g/mol. The van der Waals surface area contributed by atoms with Crippen LogP contribution in [0.4, 0.5) is 19.1 Å². The Morgan fingerprint density at radius 2 is 2.12 bits per heavy atom. The summed E-state index contributed by atoms with van der Waals surface area (Å²) >= 11 is 3.31. The molecular formula is C21H22BrF3N6O2. The summed E-state index contributed by atoms with van der Waals surface area (Å²) in [4.78, 5) is 21.0. The molecule has 0 radical (unpaired) electrons. The second-order valence-corrected chi connectivity index (χ2v) is 9.15. The highest BCUT2D eigenvalue weighted by Crippen LogP contribution is 2.39. The van der Waals surface area contributed by atoms with Gasteiger partial charge in [0.05, 0.1) is 23.2 Å². The van der Waals surface area contributed by atoms with Crippen molar-refractivity contribution >= 4 is 38.8 Å². The van der Waals surface area contributed by atoms with Crippen molar-refractivity contribution in [2.24, 2.45) is 5.41 Å². The highest BCUT2D eigenvalue weighted by atomic mass is 79.9. The molecule has 2 aromatic heterocycles. The van der Waals surface area contributed by atoms with E-state index < -0.39 is 23.8 Å². The molecule has 8 nitrogen and oxygen atoms in total. The van der Waals surface area contributed by atoms with Gasteiger partial charge in [0.25, 0.3) is 0 Å². The predicted molar refractivity (Wildman–Crippen MR) is 119 cm³/mol. The number of fused-ring (bicyclic) bond motifs is 1. The SMILES string of the molecule is CNC(=O)[C@]1(C)CC[C@@H](Nc2ncc3c(Br)nn(-c4cc(CO)cc(C(F)(F)F)c4)c3n2)C1. The smallest absolute Gasteiger partial charge is 0.392 e. The number of rotatable bonds is 5. The van der Waals surface area contributed by atoms with Gasteiger partial charge in [-0.25, -0.2) is 9.67 Å². The number of carbonyl (C=O) groups excluding carboxylic acids is 1. The second kappa shape index (κ2) is 8.56. The first-order valence-electron chi connectivity index (χ1n) is 10.3. The van der Waals surface area contributed by atoms with Crippen LogP contribution >= 0.6 is 15.9 Å². The second-order valence-electron chi connectivity index (χ2n) is 8.40. The van der Waals surface area contributed by atoms with E-state index in [2.05, 4.69) is 41.6 Å². The molecule has 3 N–H and O–H groups in total. The lowest BCUT2D eigenvalue weighted by Crippen LogP contribution is -2.35. The van der Waals surface area contributed by atoms with E-state index in [0.29, 0.717) is 28.5 Å². The van der Waals surface area contributed by atoms with Crippen LogP contribution in [0.1, 0.15) is 37.3 Å². The van der Waals surface area contributed by atoms with Crippen LogP contribution in [0, 0.1) is 5.41 Å². The van der Waals surface area contributed by atoms with E-state index in [4.69, 9.17) is 0 Å². The Kier molecular flexibility index (Phi) is 6.08. The zero-order chi connectivity index (χ0) is 24.0. The number of benzene rings is 1. The number of aliphatic hydroxyl groups excluding tert-OH is 1. The molecule has 176 valence electrons. The third kappa shape index (κ3) is 4.54. The molecule has 0 aliphatic heterocycles. The van der Waals surface area contributed by atoms with Gasteiger partial charge in [-0.1, -0.05) is 6.92 Å². The molecule has 0 bridgehead atoms. The standard InChI is InChI=1S/C21H22BrF3N6O2/c1-20(18(33)26-2)4-3-13(8-20)28-19-27-9-15-16(22)30-31(17(15)29-19)14-6-11(10-32)5-12(7-14)21(23,24)25/h5-7,9,13,32H,3-4,8,10H2,1-2H3,(H,26,33)(H,27,28,29)/t13-,20-/m1/s1.